The number of benzene rings is 1. The van der Waals surface area contributed by atoms with Crippen molar-refractivity contribution in [3.63, 3.8) is 0 Å². The summed E-state index contributed by atoms with van der Waals surface area (Å²) in [6.45, 7) is 4.88. The fraction of sp³-hybridized carbons (Fsp3) is 0.654. The zero-order valence-electron chi connectivity index (χ0n) is 18.5. The van der Waals surface area contributed by atoms with Crippen molar-refractivity contribution in [3.8, 4) is 0 Å². The van der Waals surface area contributed by atoms with Gasteiger partial charge in [-0.15, -0.1) is 0 Å². The molecule has 0 aromatic heterocycles. The molecular weight excluding hydrogens is 342 g/mol. The average molecular weight is 386 g/mol. The number of hydrogen-bond donors (Lipinski definition) is 1. The lowest BCUT2D eigenvalue weighted by molar-refractivity contribution is 0.101. The monoisotopic (exact) mass is 385 g/mol. The molecule has 2 heteroatoms. The van der Waals surface area contributed by atoms with Gasteiger partial charge in [-0.25, -0.2) is 0 Å². The summed E-state index contributed by atoms with van der Waals surface area (Å²) >= 11 is 0. The molecule has 0 unspecified atom stereocenters. The summed E-state index contributed by atoms with van der Waals surface area (Å²) < 4.78 is 0. The standard InChI is InChI=1S/C26H43NO/c1-3-4-5-6-7-8-9-10-11-12-13-14-15-16-17-18-22-27-26-21-19-20-25(23-26)24(2)28/h10-11,19-21,23,27H,3-9,12-18,22H2,1-2H3/b11-10+. The van der Waals surface area contributed by atoms with E-state index < -0.39 is 0 Å². The van der Waals surface area contributed by atoms with E-state index in [1.807, 2.05) is 24.3 Å². The molecule has 0 amide bonds. The Bertz CT molecular complexity index is 535. The molecule has 0 radical (unpaired) electrons. The highest BCUT2D eigenvalue weighted by atomic mass is 16.1. The van der Waals surface area contributed by atoms with Crippen LogP contribution in [0.15, 0.2) is 36.4 Å². The van der Waals surface area contributed by atoms with Crippen molar-refractivity contribution < 1.29 is 4.79 Å². The van der Waals surface area contributed by atoms with Crippen LogP contribution in [0.1, 0.15) is 114 Å². The Morgan fingerprint density at radius 1 is 0.821 bits per heavy atom. The lowest BCUT2D eigenvalue weighted by atomic mass is 10.1. The second-order valence-corrected chi connectivity index (χ2v) is 8.00. The van der Waals surface area contributed by atoms with Gasteiger partial charge in [-0.05, 0) is 51.2 Å². The van der Waals surface area contributed by atoms with Gasteiger partial charge >= 0.3 is 0 Å². The molecule has 0 aliphatic heterocycles. The number of nitrogens with one attached hydrogen (secondary N) is 1. The third-order valence-electron chi connectivity index (χ3n) is 5.29. The molecule has 1 aromatic carbocycles. The molecule has 0 spiro atoms. The molecule has 0 fully saturated rings. The minimum absolute atomic E-state index is 0.126. The third-order valence-corrected chi connectivity index (χ3v) is 5.29. The van der Waals surface area contributed by atoms with Gasteiger partial charge in [-0.3, -0.25) is 4.79 Å². The summed E-state index contributed by atoms with van der Waals surface area (Å²) in [4.78, 5) is 11.4. The Morgan fingerprint density at radius 2 is 1.39 bits per heavy atom. The zero-order valence-corrected chi connectivity index (χ0v) is 18.5. The fourth-order valence-corrected chi connectivity index (χ4v) is 3.45. The SMILES string of the molecule is CCCCCCCC/C=C/CCCCCCCCNc1cccc(C(C)=O)c1. The average Bonchev–Trinajstić information content (AvgIpc) is 2.70. The van der Waals surface area contributed by atoms with Gasteiger partial charge in [-0.2, -0.15) is 0 Å². The first-order chi connectivity index (χ1) is 13.7. The van der Waals surface area contributed by atoms with Crippen LogP contribution < -0.4 is 5.32 Å². The Morgan fingerprint density at radius 3 is 2.00 bits per heavy atom. The highest BCUT2D eigenvalue weighted by Crippen LogP contribution is 2.13. The Kier molecular flexibility index (Phi) is 15.3. The number of ketones is 1. The predicted molar refractivity (Wildman–Crippen MR) is 124 cm³/mol. The van der Waals surface area contributed by atoms with Gasteiger partial charge in [-0.1, -0.05) is 89.0 Å². The quantitative estimate of drug-likeness (QED) is 0.156. The van der Waals surface area contributed by atoms with E-state index in [0.29, 0.717) is 0 Å². The normalized spacial score (nSPS) is 11.2. The van der Waals surface area contributed by atoms with Crippen LogP contribution in [0, 0.1) is 0 Å². The summed E-state index contributed by atoms with van der Waals surface area (Å²) in [5.74, 6) is 0.126. The number of anilines is 1. The summed E-state index contributed by atoms with van der Waals surface area (Å²) in [6.07, 6.45) is 23.5. The summed E-state index contributed by atoms with van der Waals surface area (Å²) in [5, 5.41) is 3.43. The van der Waals surface area contributed by atoms with E-state index in [9.17, 15) is 4.79 Å². The van der Waals surface area contributed by atoms with Crippen molar-refractivity contribution >= 4 is 11.5 Å². The van der Waals surface area contributed by atoms with Crippen LogP contribution in [-0.2, 0) is 0 Å². The largest absolute Gasteiger partial charge is 0.385 e. The number of Topliss-reactive ketones (excluding diaryl/α,β-unsaturated/α-hetero) is 1. The first-order valence-corrected chi connectivity index (χ1v) is 11.7. The van der Waals surface area contributed by atoms with Crippen LogP contribution in [0.4, 0.5) is 5.69 Å². The van der Waals surface area contributed by atoms with E-state index in [2.05, 4.69) is 24.4 Å². The van der Waals surface area contributed by atoms with Crippen molar-refractivity contribution in [2.24, 2.45) is 0 Å². The van der Waals surface area contributed by atoms with E-state index in [4.69, 9.17) is 0 Å². The van der Waals surface area contributed by atoms with Crippen LogP contribution in [0.2, 0.25) is 0 Å². The number of allylic oxidation sites excluding steroid dienone is 2. The van der Waals surface area contributed by atoms with Crippen LogP contribution in [0.25, 0.3) is 0 Å². The van der Waals surface area contributed by atoms with Crippen molar-refractivity contribution in [3.05, 3.63) is 42.0 Å². The molecule has 1 rings (SSSR count). The van der Waals surface area contributed by atoms with Crippen LogP contribution in [-0.4, -0.2) is 12.3 Å². The molecule has 1 N–H and O–H groups in total. The highest BCUT2D eigenvalue weighted by Gasteiger charge is 1.99. The molecule has 1 aromatic rings. The van der Waals surface area contributed by atoms with Crippen LogP contribution in [0.5, 0.6) is 0 Å². The van der Waals surface area contributed by atoms with Gasteiger partial charge in [0.05, 0.1) is 0 Å². The Labute approximate surface area is 174 Å². The van der Waals surface area contributed by atoms with Crippen LogP contribution >= 0.6 is 0 Å². The topological polar surface area (TPSA) is 29.1 Å². The van der Waals surface area contributed by atoms with Gasteiger partial charge in [0.1, 0.15) is 0 Å². The van der Waals surface area contributed by atoms with Crippen LogP contribution in [0.3, 0.4) is 0 Å². The van der Waals surface area contributed by atoms with E-state index in [0.717, 1.165) is 17.8 Å². The molecular formula is C26H43NO. The minimum atomic E-state index is 0.126. The van der Waals surface area contributed by atoms with Gasteiger partial charge in [0.2, 0.25) is 0 Å². The van der Waals surface area contributed by atoms with E-state index in [1.54, 1.807) is 6.92 Å². The van der Waals surface area contributed by atoms with Gasteiger partial charge in [0.25, 0.3) is 0 Å². The number of unbranched alkanes of at least 4 members (excludes halogenated alkanes) is 12. The summed E-state index contributed by atoms with van der Waals surface area (Å²) in [6, 6.07) is 7.80. The van der Waals surface area contributed by atoms with Gasteiger partial charge < -0.3 is 5.32 Å². The number of hydrogen-bond acceptors (Lipinski definition) is 2. The first-order valence-electron chi connectivity index (χ1n) is 11.7. The molecule has 0 heterocycles. The number of carbonyl (C=O) groups excluding carboxylic acids is 1. The minimum Gasteiger partial charge on any atom is -0.385 e. The molecule has 0 bridgehead atoms. The molecule has 0 saturated carbocycles. The van der Waals surface area contributed by atoms with Crippen molar-refractivity contribution in [2.75, 3.05) is 11.9 Å². The van der Waals surface area contributed by atoms with Crippen molar-refractivity contribution in [2.45, 2.75) is 104 Å². The Balaban J connectivity index is 1.86. The maximum Gasteiger partial charge on any atom is 0.159 e. The Hall–Kier alpha value is -1.57. The van der Waals surface area contributed by atoms with Gasteiger partial charge in [0, 0.05) is 17.8 Å². The van der Waals surface area contributed by atoms with E-state index >= 15 is 0 Å². The summed E-state index contributed by atoms with van der Waals surface area (Å²) in [5.41, 5.74) is 1.84. The summed E-state index contributed by atoms with van der Waals surface area (Å²) in [7, 11) is 0. The van der Waals surface area contributed by atoms with E-state index in [-0.39, 0.29) is 5.78 Å². The smallest absolute Gasteiger partial charge is 0.159 e. The third kappa shape index (κ3) is 13.6. The molecule has 2 nitrogen and oxygen atoms in total. The second kappa shape index (κ2) is 17.5. The molecule has 0 atom stereocenters. The number of carbonyl (C=O) groups is 1. The van der Waals surface area contributed by atoms with Crippen molar-refractivity contribution in [1.82, 2.24) is 0 Å². The molecule has 158 valence electrons. The van der Waals surface area contributed by atoms with Crippen molar-refractivity contribution in [1.29, 1.82) is 0 Å². The second-order valence-electron chi connectivity index (χ2n) is 8.00. The van der Waals surface area contributed by atoms with E-state index in [1.165, 1.54) is 89.9 Å². The maximum atomic E-state index is 11.4. The molecule has 0 aliphatic rings. The molecule has 28 heavy (non-hydrogen) atoms. The first kappa shape index (κ1) is 24.5. The number of rotatable bonds is 18. The highest BCUT2D eigenvalue weighted by molar-refractivity contribution is 5.94. The predicted octanol–water partition coefficient (Wildman–Crippen LogP) is 8.34. The maximum absolute atomic E-state index is 11.4. The molecule has 0 aliphatic carbocycles. The lowest BCUT2D eigenvalue weighted by Gasteiger charge is -2.07. The fourth-order valence-electron chi connectivity index (χ4n) is 3.45. The molecule has 0 saturated heterocycles. The lowest BCUT2D eigenvalue weighted by Crippen LogP contribution is -2.02. The van der Waals surface area contributed by atoms with Gasteiger partial charge in [0.15, 0.2) is 5.78 Å². The zero-order chi connectivity index (χ0) is 20.3.